The smallest absolute Gasteiger partial charge is 0.362 e. The molecule has 3 rings (SSSR count). The van der Waals surface area contributed by atoms with Crippen LogP contribution in [-0.4, -0.2) is 14.1 Å². The molecule has 2 aromatic carbocycles. The molecule has 0 amide bonds. The highest BCUT2D eigenvalue weighted by atomic mass is 35.5. The Kier molecular flexibility index (Phi) is 3.56. The predicted molar refractivity (Wildman–Crippen MR) is 90.1 cm³/mol. The molecule has 106 valence electrons. The normalized spacial score (nSPS) is 10.9. The zero-order valence-corrected chi connectivity index (χ0v) is 13.1. The fraction of sp³-hybridized carbons (Fsp3) is 0.167. The Morgan fingerprint density at radius 3 is 2.33 bits per heavy atom. The van der Waals surface area contributed by atoms with Crippen molar-refractivity contribution in [2.45, 2.75) is 6.92 Å². The van der Waals surface area contributed by atoms with Crippen molar-refractivity contribution < 1.29 is 4.42 Å². The summed E-state index contributed by atoms with van der Waals surface area (Å²) in [6, 6.07) is 16.2. The Labute approximate surface area is 129 Å². The quantitative estimate of drug-likeness (QED) is 0.588. The fourth-order valence-electron chi connectivity index (χ4n) is 2.40. The topological polar surface area (TPSA) is 14.5 Å². The zero-order valence-electron chi connectivity index (χ0n) is 12.4. The van der Waals surface area contributed by atoms with Crippen molar-refractivity contribution in [1.82, 2.24) is 0 Å². The molecular formula is C18H17ClNO+. The van der Waals surface area contributed by atoms with Crippen molar-refractivity contribution in [1.29, 1.82) is 0 Å². The van der Waals surface area contributed by atoms with Gasteiger partial charge in [0.05, 0.1) is 23.9 Å². The standard InChI is InChI=1S/C18H17ClNO/c1-12-17(13-4-7-15(19)8-5-13)10-14-6-9-16(20(2)3)11-18(14)21-12/h4-11H,1-3H3/q+1. The summed E-state index contributed by atoms with van der Waals surface area (Å²) in [5, 5.41) is 1.83. The van der Waals surface area contributed by atoms with Crippen LogP contribution in [0.4, 0.5) is 5.69 Å². The van der Waals surface area contributed by atoms with Crippen LogP contribution < -0.4 is 4.90 Å². The second-order valence-electron chi connectivity index (χ2n) is 5.34. The van der Waals surface area contributed by atoms with Crippen molar-refractivity contribution in [3.63, 3.8) is 0 Å². The van der Waals surface area contributed by atoms with E-state index in [-0.39, 0.29) is 0 Å². The van der Waals surface area contributed by atoms with E-state index in [1.807, 2.05) is 45.3 Å². The number of nitrogens with zero attached hydrogens (tertiary/aromatic N) is 1. The molecule has 0 spiro atoms. The molecule has 0 N–H and O–H groups in total. The van der Waals surface area contributed by atoms with Gasteiger partial charge in [0.2, 0.25) is 0 Å². The number of hydrogen-bond acceptors (Lipinski definition) is 1. The highest BCUT2D eigenvalue weighted by Gasteiger charge is 2.17. The summed E-state index contributed by atoms with van der Waals surface area (Å²) in [5.41, 5.74) is 4.23. The number of fused-ring (bicyclic) bond motifs is 1. The summed E-state index contributed by atoms with van der Waals surface area (Å²) in [5.74, 6) is 0.903. The number of halogens is 1. The maximum absolute atomic E-state index is 6.01. The van der Waals surface area contributed by atoms with Gasteiger partial charge in [0.25, 0.3) is 0 Å². The van der Waals surface area contributed by atoms with E-state index >= 15 is 0 Å². The molecule has 0 atom stereocenters. The lowest BCUT2D eigenvalue weighted by Gasteiger charge is -2.10. The van der Waals surface area contributed by atoms with Gasteiger partial charge in [0.15, 0.2) is 0 Å². The van der Waals surface area contributed by atoms with E-state index in [2.05, 4.69) is 29.2 Å². The van der Waals surface area contributed by atoms with Crippen LogP contribution in [0.1, 0.15) is 5.76 Å². The van der Waals surface area contributed by atoms with Gasteiger partial charge < -0.3 is 4.90 Å². The number of anilines is 1. The predicted octanol–water partition coefficient (Wildman–Crippen LogP) is 5.41. The second kappa shape index (κ2) is 5.38. The molecule has 0 aliphatic carbocycles. The first kappa shape index (κ1) is 13.9. The first-order chi connectivity index (χ1) is 10.0. The van der Waals surface area contributed by atoms with Crippen molar-refractivity contribution >= 4 is 28.3 Å². The lowest BCUT2D eigenvalue weighted by molar-refractivity contribution is 0.568. The van der Waals surface area contributed by atoms with Gasteiger partial charge in [0, 0.05) is 24.8 Å². The van der Waals surface area contributed by atoms with Gasteiger partial charge in [-0.1, -0.05) is 23.7 Å². The molecular weight excluding hydrogens is 282 g/mol. The monoisotopic (exact) mass is 298 g/mol. The lowest BCUT2D eigenvalue weighted by Crippen LogP contribution is -2.08. The van der Waals surface area contributed by atoms with Crippen LogP contribution in [-0.2, 0) is 0 Å². The molecule has 0 saturated carbocycles. The maximum Gasteiger partial charge on any atom is 0.362 e. The average molecular weight is 299 g/mol. The number of aryl methyl sites for hydroxylation is 1. The molecule has 2 nitrogen and oxygen atoms in total. The second-order valence-corrected chi connectivity index (χ2v) is 5.78. The van der Waals surface area contributed by atoms with E-state index in [4.69, 9.17) is 16.0 Å². The first-order valence-electron chi connectivity index (χ1n) is 6.85. The zero-order chi connectivity index (χ0) is 15.0. The molecule has 0 fully saturated rings. The molecule has 21 heavy (non-hydrogen) atoms. The van der Waals surface area contributed by atoms with Gasteiger partial charge >= 0.3 is 11.3 Å². The molecule has 3 aromatic rings. The van der Waals surface area contributed by atoms with E-state index in [1.165, 1.54) is 0 Å². The van der Waals surface area contributed by atoms with E-state index < -0.39 is 0 Å². The van der Waals surface area contributed by atoms with Gasteiger partial charge in [0.1, 0.15) is 0 Å². The van der Waals surface area contributed by atoms with Gasteiger partial charge in [-0.3, -0.25) is 0 Å². The third kappa shape index (κ3) is 2.72. The van der Waals surface area contributed by atoms with Crippen LogP contribution in [0.2, 0.25) is 5.02 Å². The summed E-state index contributed by atoms with van der Waals surface area (Å²) in [4.78, 5) is 2.07. The Morgan fingerprint density at radius 2 is 1.67 bits per heavy atom. The third-order valence-corrected chi connectivity index (χ3v) is 3.86. The largest absolute Gasteiger partial charge is 0.377 e. The lowest BCUT2D eigenvalue weighted by atomic mass is 10.0. The van der Waals surface area contributed by atoms with Gasteiger partial charge in [-0.2, -0.15) is 0 Å². The molecule has 1 aromatic heterocycles. The Bertz CT molecular complexity index is 794. The van der Waals surface area contributed by atoms with Crippen LogP contribution >= 0.6 is 11.6 Å². The van der Waals surface area contributed by atoms with E-state index in [0.717, 1.165) is 38.6 Å². The Balaban J connectivity index is 2.15. The van der Waals surface area contributed by atoms with Crippen molar-refractivity contribution in [3.05, 3.63) is 59.3 Å². The molecule has 0 bridgehead atoms. The minimum absolute atomic E-state index is 0.741. The SMILES string of the molecule is Cc1[o+]c2cc(N(C)C)ccc2cc1-c1ccc(Cl)cc1. The molecule has 1 heterocycles. The average Bonchev–Trinajstić information content (AvgIpc) is 2.47. The minimum atomic E-state index is 0.741. The fourth-order valence-corrected chi connectivity index (χ4v) is 2.53. The van der Waals surface area contributed by atoms with Crippen molar-refractivity contribution in [2.24, 2.45) is 0 Å². The van der Waals surface area contributed by atoms with Crippen LogP contribution in [0.15, 0.2) is 52.9 Å². The number of benzene rings is 2. The van der Waals surface area contributed by atoms with E-state index in [9.17, 15) is 0 Å². The summed E-state index contributed by atoms with van der Waals surface area (Å²) >= 11 is 5.95. The van der Waals surface area contributed by atoms with Crippen LogP contribution in [0.25, 0.3) is 22.1 Å². The molecule has 3 heteroatoms. The summed E-state index contributed by atoms with van der Waals surface area (Å²) in [6.45, 7) is 1.99. The van der Waals surface area contributed by atoms with Gasteiger partial charge in [-0.15, -0.1) is 0 Å². The van der Waals surface area contributed by atoms with Crippen LogP contribution in [0.3, 0.4) is 0 Å². The highest BCUT2D eigenvalue weighted by molar-refractivity contribution is 6.30. The Morgan fingerprint density at radius 1 is 0.952 bits per heavy atom. The van der Waals surface area contributed by atoms with Crippen LogP contribution in [0, 0.1) is 6.92 Å². The highest BCUT2D eigenvalue weighted by Crippen LogP contribution is 2.30. The summed E-state index contributed by atoms with van der Waals surface area (Å²) < 4.78 is 6.01. The van der Waals surface area contributed by atoms with Gasteiger partial charge in [-0.05, 0) is 35.9 Å². The maximum atomic E-state index is 6.01. The molecule has 0 saturated heterocycles. The van der Waals surface area contributed by atoms with Crippen molar-refractivity contribution in [2.75, 3.05) is 19.0 Å². The first-order valence-corrected chi connectivity index (χ1v) is 7.23. The molecule has 0 aliphatic heterocycles. The van der Waals surface area contributed by atoms with E-state index in [1.54, 1.807) is 0 Å². The molecule has 0 aliphatic rings. The number of hydrogen-bond donors (Lipinski definition) is 0. The van der Waals surface area contributed by atoms with Gasteiger partial charge in [-0.25, -0.2) is 4.42 Å². The van der Waals surface area contributed by atoms with Crippen molar-refractivity contribution in [3.8, 4) is 11.1 Å². The third-order valence-electron chi connectivity index (χ3n) is 3.61. The molecule has 0 unspecified atom stereocenters. The summed E-state index contributed by atoms with van der Waals surface area (Å²) in [6.07, 6.45) is 0. The van der Waals surface area contributed by atoms with E-state index in [0.29, 0.717) is 0 Å². The summed E-state index contributed by atoms with van der Waals surface area (Å²) in [7, 11) is 4.05. The van der Waals surface area contributed by atoms with Crippen LogP contribution in [0.5, 0.6) is 0 Å². The Hall–Kier alpha value is -2.06. The minimum Gasteiger partial charge on any atom is -0.377 e. The number of rotatable bonds is 2. The molecule has 0 radical (unpaired) electrons.